The first-order valence-electron chi connectivity index (χ1n) is 2.15. The Kier molecular flexibility index (Phi) is 1.40. The Balaban J connectivity index is 3.03. The fourth-order valence-corrected chi connectivity index (χ4v) is 0.515. The van der Waals surface area contributed by atoms with E-state index in [0.29, 0.717) is 5.02 Å². The van der Waals surface area contributed by atoms with Crippen molar-refractivity contribution in [2.24, 2.45) is 0 Å². The van der Waals surface area contributed by atoms with Gasteiger partial charge < -0.3 is 5.11 Å². The monoisotopic (exact) mass is 127 g/mol. The van der Waals surface area contributed by atoms with Gasteiger partial charge in [0.05, 0.1) is 0 Å². The highest BCUT2D eigenvalue weighted by atomic mass is 35.5. The minimum absolute atomic E-state index is 0.189. The average Bonchev–Trinajstić information content (AvgIpc) is 1.77. The SMILES string of the molecule is Oc1c[c]c(Cl)cc1. The molecule has 0 saturated carbocycles. The summed E-state index contributed by atoms with van der Waals surface area (Å²) in [7, 11) is 0. The van der Waals surface area contributed by atoms with Crippen LogP contribution in [0.4, 0.5) is 0 Å². The fraction of sp³-hybridized carbons (Fsp3) is 0. The third-order valence-electron chi connectivity index (χ3n) is 0.758. The molecule has 1 radical (unpaired) electrons. The predicted octanol–water partition coefficient (Wildman–Crippen LogP) is 1.85. The summed E-state index contributed by atoms with van der Waals surface area (Å²) in [5.41, 5.74) is 0. The van der Waals surface area contributed by atoms with Gasteiger partial charge in [-0.2, -0.15) is 0 Å². The highest BCUT2D eigenvalue weighted by Gasteiger charge is 1.84. The van der Waals surface area contributed by atoms with Crippen molar-refractivity contribution in [1.82, 2.24) is 0 Å². The van der Waals surface area contributed by atoms with E-state index in [9.17, 15) is 0 Å². The summed E-state index contributed by atoms with van der Waals surface area (Å²) in [6.07, 6.45) is 0. The topological polar surface area (TPSA) is 20.2 Å². The molecule has 41 valence electrons. The molecule has 1 aromatic rings. The molecule has 0 amide bonds. The number of hydrogen-bond donors (Lipinski definition) is 1. The van der Waals surface area contributed by atoms with E-state index < -0.39 is 0 Å². The molecule has 8 heavy (non-hydrogen) atoms. The molecule has 0 aliphatic carbocycles. The lowest BCUT2D eigenvalue weighted by Gasteiger charge is -1.86. The van der Waals surface area contributed by atoms with E-state index >= 15 is 0 Å². The number of halogens is 1. The minimum atomic E-state index is 0.189. The van der Waals surface area contributed by atoms with Crippen LogP contribution in [0.25, 0.3) is 0 Å². The van der Waals surface area contributed by atoms with Gasteiger partial charge in [0, 0.05) is 11.1 Å². The zero-order chi connectivity index (χ0) is 5.98. The molecule has 0 fully saturated rings. The molecule has 0 aliphatic rings. The summed E-state index contributed by atoms with van der Waals surface area (Å²) in [6.45, 7) is 0. The van der Waals surface area contributed by atoms with Crippen molar-refractivity contribution in [2.75, 3.05) is 0 Å². The van der Waals surface area contributed by atoms with Gasteiger partial charge in [0.2, 0.25) is 0 Å². The maximum absolute atomic E-state index is 8.67. The van der Waals surface area contributed by atoms with Gasteiger partial charge in [-0.15, -0.1) is 0 Å². The second-order valence-electron chi connectivity index (χ2n) is 1.39. The predicted molar refractivity (Wildman–Crippen MR) is 32.0 cm³/mol. The van der Waals surface area contributed by atoms with Gasteiger partial charge in [-0.1, -0.05) is 11.6 Å². The first-order chi connectivity index (χ1) is 3.79. The van der Waals surface area contributed by atoms with Crippen molar-refractivity contribution >= 4 is 11.6 Å². The molecule has 2 heteroatoms. The van der Waals surface area contributed by atoms with Crippen LogP contribution in [-0.2, 0) is 0 Å². The molecule has 1 aromatic carbocycles. The molecule has 0 unspecified atom stereocenters. The zero-order valence-electron chi connectivity index (χ0n) is 4.06. The first kappa shape index (κ1) is 5.45. The lowest BCUT2D eigenvalue weighted by molar-refractivity contribution is 0.475. The Morgan fingerprint density at radius 2 is 2.25 bits per heavy atom. The molecule has 1 nitrogen and oxygen atoms in total. The summed E-state index contributed by atoms with van der Waals surface area (Å²) in [5.74, 6) is 0.189. The standard InChI is InChI=1S/C6H4ClO/c7-5-1-3-6(8)4-2-5/h1,3-4,8H. The lowest BCUT2D eigenvalue weighted by Crippen LogP contribution is -1.62. The van der Waals surface area contributed by atoms with Crippen LogP contribution in [-0.4, -0.2) is 5.11 Å². The maximum atomic E-state index is 8.67. The van der Waals surface area contributed by atoms with Crippen molar-refractivity contribution in [2.45, 2.75) is 0 Å². The van der Waals surface area contributed by atoms with Crippen molar-refractivity contribution in [3.05, 3.63) is 29.3 Å². The van der Waals surface area contributed by atoms with Crippen LogP contribution in [0.3, 0.4) is 0 Å². The second kappa shape index (κ2) is 2.05. The molecule has 0 aromatic heterocycles. The van der Waals surface area contributed by atoms with Gasteiger partial charge >= 0.3 is 0 Å². The Morgan fingerprint density at radius 3 is 2.62 bits per heavy atom. The molecule has 0 aliphatic heterocycles. The summed E-state index contributed by atoms with van der Waals surface area (Å²) >= 11 is 5.44. The van der Waals surface area contributed by atoms with E-state index in [0.717, 1.165) is 0 Å². The van der Waals surface area contributed by atoms with Crippen LogP contribution in [0.2, 0.25) is 5.02 Å². The smallest absolute Gasteiger partial charge is 0.116 e. The third-order valence-corrected chi connectivity index (χ3v) is 0.993. The van der Waals surface area contributed by atoms with E-state index in [-0.39, 0.29) is 5.75 Å². The summed E-state index contributed by atoms with van der Waals surface area (Å²) in [4.78, 5) is 0. The van der Waals surface area contributed by atoms with Crippen LogP contribution < -0.4 is 0 Å². The fourth-order valence-electron chi connectivity index (χ4n) is 0.398. The number of benzene rings is 1. The number of phenolic OH excluding ortho intramolecular Hbond substituents is 1. The van der Waals surface area contributed by atoms with Gasteiger partial charge in [0.1, 0.15) is 5.75 Å². The first-order valence-corrected chi connectivity index (χ1v) is 2.53. The van der Waals surface area contributed by atoms with E-state index in [1.54, 1.807) is 6.07 Å². The van der Waals surface area contributed by atoms with E-state index in [1.165, 1.54) is 12.1 Å². The van der Waals surface area contributed by atoms with E-state index in [2.05, 4.69) is 6.07 Å². The van der Waals surface area contributed by atoms with Gasteiger partial charge in [0.15, 0.2) is 0 Å². The van der Waals surface area contributed by atoms with Crippen molar-refractivity contribution in [3.8, 4) is 5.75 Å². The van der Waals surface area contributed by atoms with Crippen LogP contribution in [0.15, 0.2) is 18.2 Å². The van der Waals surface area contributed by atoms with Gasteiger partial charge in [0.25, 0.3) is 0 Å². The highest BCUT2D eigenvalue weighted by Crippen LogP contribution is 2.11. The molecular formula is C6H4ClO. The third kappa shape index (κ3) is 1.14. The second-order valence-corrected chi connectivity index (χ2v) is 1.80. The number of phenols is 1. The number of aromatic hydroxyl groups is 1. The maximum Gasteiger partial charge on any atom is 0.116 e. The molecular weight excluding hydrogens is 124 g/mol. The Hall–Kier alpha value is -0.690. The highest BCUT2D eigenvalue weighted by molar-refractivity contribution is 6.30. The quantitative estimate of drug-likeness (QED) is 0.564. The Morgan fingerprint density at radius 1 is 1.50 bits per heavy atom. The van der Waals surface area contributed by atoms with Gasteiger partial charge in [-0.3, -0.25) is 0 Å². The van der Waals surface area contributed by atoms with Crippen LogP contribution >= 0.6 is 11.6 Å². The molecule has 0 saturated heterocycles. The van der Waals surface area contributed by atoms with Crippen LogP contribution in [0.1, 0.15) is 0 Å². The van der Waals surface area contributed by atoms with E-state index in [1.807, 2.05) is 0 Å². The zero-order valence-corrected chi connectivity index (χ0v) is 4.81. The van der Waals surface area contributed by atoms with Crippen molar-refractivity contribution in [1.29, 1.82) is 0 Å². The minimum Gasteiger partial charge on any atom is -0.508 e. The van der Waals surface area contributed by atoms with Gasteiger partial charge in [-0.25, -0.2) is 0 Å². The molecule has 1 rings (SSSR count). The van der Waals surface area contributed by atoms with Crippen molar-refractivity contribution < 1.29 is 5.11 Å². The summed E-state index contributed by atoms with van der Waals surface area (Å²) < 4.78 is 0. The normalized spacial score (nSPS) is 9.12. The molecule has 0 spiro atoms. The average molecular weight is 128 g/mol. The van der Waals surface area contributed by atoms with E-state index in [4.69, 9.17) is 16.7 Å². The molecule has 0 bridgehead atoms. The van der Waals surface area contributed by atoms with Crippen LogP contribution in [0, 0.1) is 6.07 Å². The Bertz CT molecular complexity index is 147. The Labute approximate surface area is 52.5 Å². The molecule has 0 atom stereocenters. The van der Waals surface area contributed by atoms with Crippen molar-refractivity contribution in [3.63, 3.8) is 0 Å². The number of hydrogen-bond acceptors (Lipinski definition) is 1. The molecule has 0 heterocycles. The van der Waals surface area contributed by atoms with Gasteiger partial charge in [-0.05, 0) is 18.2 Å². The molecule has 1 N–H and O–H groups in total. The summed E-state index contributed by atoms with van der Waals surface area (Å²) in [5, 5.41) is 9.18. The van der Waals surface area contributed by atoms with Crippen LogP contribution in [0.5, 0.6) is 5.75 Å². The summed E-state index contributed by atoms with van der Waals surface area (Å²) in [6, 6.07) is 7.13. The lowest BCUT2D eigenvalue weighted by atomic mass is 10.3. The largest absolute Gasteiger partial charge is 0.508 e. The number of rotatable bonds is 0.